The average molecular weight is 341 g/mol. The van der Waals surface area contributed by atoms with Gasteiger partial charge in [0, 0.05) is 43.1 Å². The molecule has 1 aromatic carbocycles. The Hall–Kier alpha value is -2.11. The van der Waals surface area contributed by atoms with E-state index in [2.05, 4.69) is 46.4 Å². The van der Waals surface area contributed by atoms with Gasteiger partial charge in [0.1, 0.15) is 0 Å². The highest BCUT2D eigenvalue weighted by molar-refractivity contribution is 5.48. The van der Waals surface area contributed by atoms with Crippen molar-refractivity contribution in [3.8, 4) is 5.88 Å². The smallest absolute Gasteiger partial charge is 0.217 e. The second-order valence-electron chi connectivity index (χ2n) is 6.58. The molecule has 5 heteroatoms. The Morgan fingerprint density at radius 3 is 2.64 bits per heavy atom. The van der Waals surface area contributed by atoms with E-state index in [4.69, 9.17) is 4.74 Å². The summed E-state index contributed by atoms with van der Waals surface area (Å²) in [5.74, 6) is 0.671. The topological polar surface area (TPSA) is 57.6 Å². The summed E-state index contributed by atoms with van der Waals surface area (Å²) in [6, 6.07) is 12.9. The molecule has 2 heterocycles. The Balaban J connectivity index is 1.58. The Labute approximate surface area is 149 Å². The zero-order chi connectivity index (χ0) is 17.6. The molecule has 1 saturated heterocycles. The molecule has 1 fully saturated rings. The summed E-state index contributed by atoms with van der Waals surface area (Å²) in [6.45, 7) is 4.73. The van der Waals surface area contributed by atoms with E-state index < -0.39 is 0 Å². The SMILES string of the molecule is COc1ncccc1CNC(C)c1ccc(N2CCC(O)CC2)cc1. The molecule has 0 aliphatic carbocycles. The first-order valence-corrected chi connectivity index (χ1v) is 8.91. The quantitative estimate of drug-likeness (QED) is 0.846. The van der Waals surface area contributed by atoms with E-state index >= 15 is 0 Å². The van der Waals surface area contributed by atoms with Crippen molar-refractivity contribution in [3.05, 3.63) is 53.7 Å². The highest BCUT2D eigenvalue weighted by Gasteiger charge is 2.17. The van der Waals surface area contributed by atoms with Crippen molar-refractivity contribution >= 4 is 5.69 Å². The molecule has 2 aromatic rings. The van der Waals surface area contributed by atoms with E-state index in [0.717, 1.165) is 31.5 Å². The third-order valence-corrected chi connectivity index (χ3v) is 4.86. The molecule has 0 amide bonds. The van der Waals surface area contributed by atoms with Crippen molar-refractivity contribution in [1.82, 2.24) is 10.3 Å². The minimum Gasteiger partial charge on any atom is -0.481 e. The second kappa shape index (κ2) is 8.32. The van der Waals surface area contributed by atoms with Gasteiger partial charge in [-0.1, -0.05) is 18.2 Å². The Kier molecular flexibility index (Phi) is 5.89. The van der Waals surface area contributed by atoms with Crippen LogP contribution in [-0.2, 0) is 6.54 Å². The lowest BCUT2D eigenvalue weighted by atomic mass is 10.0. The number of aromatic nitrogens is 1. The number of rotatable bonds is 6. The van der Waals surface area contributed by atoms with Gasteiger partial charge in [-0.05, 0) is 43.5 Å². The van der Waals surface area contributed by atoms with Gasteiger partial charge < -0.3 is 20.1 Å². The number of hydrogen-bond acceptors (Lipinski definition) is 5. The monoisotopic (exact) mass is 341 g/mol. The molecule has 1 atom stereocenters. The highest BCUT2D eigenvalue weighted by Crippen LogP contribution is 2.23. The van der Waals surface area contributed by atoms with Crippen LogP contribution in [-0.4, -0.2) is 36.4 Å². The summed E-state index contributed by atoms with van der Waals surface area (Å²) >= 11 is 0. The second-order valence-corrected chi connectivity index (χ2v) is 6.58. The molecule has 0 bridgehead atoms. The van der Waals surface area contributed by atoms with E-state index in [0.29, 0.717) is 12.4 Å². The number of hydrogen-bond donors (Lipinski definition) is 2. The first-order chi connectivity index (χ1) is 12.2. The minimum atomic E-state index is -0.135. The van der Waals surface area contributed by atoms with Crippen molar-refractivity contribution in [2.75, 3.05) is 25.1 Å². The molecule has 0 radical (unpaired) electrons. The molecule has 1 aliphatic rings. The van der Waals surface area contributed by atoms with Gasteiger partial charge in [0.2, 0.25) is 5.88 Å². The lowest BCUT2D eigenvalue weighted by Gasteiger charge is -2.31. The number of benzene rings is 1. The van der Waals surface area contributed by atoms with E-state index in [1.54, 1.807) is 13.3 Å². The molecular weight excluding hydrogens is 314 g/mol. The zero-order valence-corrected chi connectivity index (χ0v) is 15.0. The third-order valence-electron chi connectivity index (χ3n) is 4.86. The van der Waals surface area contributed by atoms with E-state index in [1.165, 1.54) is 11.3 Å². The lowest BCUT2D eigenvalue weighted by Crippen LogP contribution is -2.35. The van der Waals surface area contributed by atoms with Gasteiger partial charge in [-0.3, -0.25) is 0 Å². The standard InChI is InChI=1S/C20H27N3O2/c1-15(22-14-17-4-3-11-21-20(17)25-2)16-5-7-18(8-6-16)23-12-9-19(24)10-13-23/h3-8,11,15,19,22,24H,9-10,12-14H2,1-2H3. The van der Waals surface area contributed by atoms with E-state index in [-0.39, 0.29) is 12.1 Å². The molecule has 0 spiro atoms. The maximum Gasteiger partial charge on any atom is 0.217 e. The van der Waals surface area contributed by atoms with Crippen molar-refractivity contribution in [1.29, 1.82) is 0 Å². The molecule has 0 saturated carbocycles. The van der Waals surface area contributed by atoms with Crippen molar-refractivity contribution < 1.29 is 9.84 Å². The van der Waals surface area contributed by atoms with Crippen LogP contribution in [0.4, 0.5) is 5.69 Å². The summed E-state index contributed by atoms with van der Waals surface area (Å²) < 4.78 is 5.30. The maximum atomic E-state index is 9.63. The van der Waals surface area contributed by atoms with Crippen LogP contribution in [0, 0.1) is 0 Å². The number of anilines is 1. The predicted octanol–water partition coefficient (Wildman–Crippen LogP) is 2.90. The van der Waals surface area contributed by atoms with Crippen molar-refractivity contribution in [2.24, 2.45) is 0 Å². The first-order valence-electron chi connectivity index (χ1n) is 8.91. The number of methoxy groups -OCH3 is 1. The Bertz CT molecular complexity index is 667. The van der Waals surface area contributed by atoms with Gasteiger partial charge in [-0.2, -0.15) is 0 Å². The van der Waals surface area contributed by atoms with Crippen LogP contribution in [0.2, 0.25) is 0 Å². The molecule has 1 aromatic heterocycles. The molecule has 3 rings (SSSR count). The third kappa shape index (κ3) is 4.50. The van der Waals surface area contributed by atoms with Gasteiger partial charge in [0.15, 0.2) is 0 Å². The number of ether oxygens (including phenoxy) is 1. The van der Waals surface area contributed by atoms with Gasteiger partial charge in [0.05, 0.1) is 13.2 Å². The number of piperidine rings is 1. The number of aliphatic hydroxyl groups excluding tert-OH is 1. The molecule has 2 N–H and O–H groups in total. The number of pyridine rings is 1. The summed E-state index contributed by atoms with van der Waals surface area (Å²) in [6.07, 6.45) is 3.31. The summed E-state index contributed by atoms with van der Waals surface area (Å²) in [7, 11) is 1.65. The van der Waals surface area contributed by atoms with Gasteiger partial charge in [0.25, 0.3) is 0 Å². The molecule has 134 valence electrons. The molecule has 25 heavy (non-hydrogen) atoms. The normalized spacial score (nSPS) is 16.7. The summed E-state index contributed by atoms with van der Waals surface area (Å²) in [4.78, 5) is 6.57. The largest absolute Gasteiger partial charge is 0.481 e. The molecular formula is C20H27N3O2. The highest BCUT2D eigenvalue weighted by atomic mass is 16.5. The number of nitrogens with one attached hydrogen (secondary N) is 1. The predicted molar refractivity (Wildman–Crippen MR) is 99.9 cm³/mol. The molecule has 1 unspecified atom stereocenters. The summed E-state index contributed by atoms with van der Waals surface area (Å²) in [5, 5.41) is 13.2. The van der Waals surface area contributed by atoms with Crippen LogP contribution in [0.25, 0.3) is 0 Å². The number of aliphatic hydroxyl groups is 1. The van der Waals surface area contributed by atoms with Gasteiger partial charge in [-0.15, -0.1) is 0 Å². The fourth-order valence-electron chi connectivity index (χ4n) is 3.22. The Morgan fingerprint density at radius 1 is 1.24 bits per heavy atom. The van der Waals surface area contributed by atoms with Gasteiger partial charge in [-0.25, -0.2) is 4.98 Å². The van der Waals surface area contributed by atoms with Crippen LogP contribution < -0.4 is 15.0 Å². The van der Waals surface area contributed by atoms with Crippen LogP contribution in [0.3, 0.4) is 0 Å². The molecule has 1 aliphatic heterocycles. The molecule has 5 nitrogen and oxygen atoms in total. The Morgan fingerprint density at radius 2 is 1.96 bits per heavy atom. The van der Waals surface area contributed by atoms with Crippen molar-refractivity contribution in [3.63, 3.8) is 0 Å². The maximum absolute atomic E-state index is 9.63. The lowest BCUT2D eigenvalue weighted by molar-refractivity contribution is 0.145. The first kappa shape index (κ1) is 17.7. The zero-order valence-electron chi connectivity index (χ0n) is 15.0. The fraction of sp³-hybridized carbons (Fsp3) is 0.450. The summed E-state index contributed by atoms with van der Waals surface area (Å²) in [5.41, 5.74) is 3.54. The van der Waals surface area contributed by atoms with Crippen LogP contribution in [0.5, 0.6) is 5.88 Å². The minimum absolute atomic E-state index is 0.135. The van der Waals surface area contributed by atoms with Crippen LogP contribution >= 0.6 is 0 Å². The van der Waals surface area contributed by atoms with Crippen molar-refractivity contribution in [2.45, 2.75) is 38.5 Å². The average Bonchev–Trinajstić information content (AvgIpc) is 2.67. The van der Waals surface area contributed by atoms with Crippen LogP contribution in [0.15, 0.2) is 42.6 Å². The number of nitrogens with zero attached hydrogens (tertiary/aromatic N) is 2. The van der Waals surface area contributed by atoms with E-state index in [9.17, 15) is 5.11 Å². The van der Waals surface area contributed by atoms with Gasteiger partial charge >= 0.3 is 0 Å². The fourth-order valence-corrected chi connectivity index (χ4v) is 3.22. The van der Waals surface area contributed by atoms with E-state index in [1.807, 2.05) is 12.1 Å². The van der Waals surface area contributed by atoms with Crippen LogP contribution in [0.1, 0.15) is 36.9 Å².